The van der Waals surface area contributed by atoms with Gasteiger partial charge < -0.3 is 11.5 Å². The van der Waals surface area contributed by atoms with Gasteiger partial charge in [0, 0.05) is 6.20 Å². The molecule has 0 aliphatic heterocycles. The van der Waals surface area contributed by atoms with E-state index in [0.29, 0.717) is 22.6 Å². The first-order valence-electron chi connectivity index (χ1n) is 4.19. The lowest BCUT2D eigenvalue weighted by Crippen LogP contribution is -1.95. The molecule has 0 saturated carbocycles. The Kier molecular flexibility index (Phi) is 1.99. The van der Waals surface area contributed by atoms with Gasteiger partial charge in [-0.1, -0.05) is 0 Å². The number of nitriles is 1. The molecule has 0 atom stereocenters. The van der Waals surface area contributed by atoms with Crippen LogP contribution in [0, 0.1) is 11.3 Å². The van der Waals surface area contributed by atoms with Crippen molar-refractivity contribution in [1.82, 2.24) is 15.2 Å². The summed E-state index contributed by atoms with van der Waals surface area (Å²) in [6, 6.07) is 5.35. The van der Waals surface area contributed by atoms with Crippen molar-refractivity contribution in [3.05, 3.63) is 23.9 Å². The molecular weight excluding hydrogens is 192 g/mol. The molecule has 0 spiro atoms. The Morgan fingerprint density at radius 2 is 2.20 bits per heavy atom. The fourth-order valence-electron chi connectivity index (χ4n) is 1.24. The monoisotopic (exact) mass is 200 g/mol. The van der Waals surface area contributed by atoms with Gasteiger partial charge in [-0.05, 0) is 12.1 Å². The second-order valence-corrected chi connectivity index (χ2v) is 2.91. The van der Waals surface area contributed by atoms with Crippen LogP contribution in [0.3, 0.4) is 0 Å². The predicted octanol–water partition coefficient (Wildman–Crippen LogP) is 0.508. The summed E-state index contributed by atoms with van der Waals surface area (Å²) in [4.78, 5) is 4.06. The summed E-state index contributed by atoms with van der Waals surface area (Å²) in [6.45, 7) is 0. The number of nitrogen functional groups attached to an aromatic ring is 2. The van der Waals surface area contributed by atoms with E-state index in [9.17, 15) is 0 Å². The van der Waals surface area contributed by atoms with Crippen LogP contribution in [-0.4, -0.2) is 15.2 Å². The maximum absolute atomic E-state index is 8.88. The van der Waals surface area contributed by atoms with Crippen molar-refractivity contribution in [3.8, 4) is 17.5 Å². The summed E-state index contributed by atoms with van der Waals surface area (Å²) in [5.41, 5.74) is 12.9. The molecule has 0 fully saturated rings. The molecule has 0 saturated heterocycles. The number of nitrogens with zero attached hydrogens (tertiary/aromatic N) is 3. The number of aromatic amines is 1. The Balaban J connectivity index is 2.65. The van der Waals surface area contributed by atoms with Crippen LogP contribution in [0.5, 0.6) is 0 Å². The van der Waals surface area contributed by atoms with Gasteiger partial charge in [0.2, 0.25) is 0 Å². The van der Waals surface area contributed by atoms with Crippen molar-refractivity contribution in [2.75, 3.05) is 11.5 Å². The largest absolute Gasteiger partial charge is 0.394 e. The molecule has 74 valence electrons. The number of hydrogen-bond donors (Lipinski definition) is 3. The number of nitrogens with two attached hydrogens (primary N) is 2. The zero-order valence-corrected chi connectivity index (χ0v) is 7.73. The summed E-state index contributed by atoms with van der Waals surface area (Å²) >= 11 is 0. The Morgan fingerprint density at radius 1 is 1.40 bits per heavy atom. The molecule has 0 aliphatic carbocycles. The van der Waals surface area contributed by atoms with Crippen molar-refractivity contribution in [2.24, 2.45) is 0 Å². The highest BCUT2D eigenvalue weighted by Gasteiger charge is 2.13. The molecule has 0 bridgehead atoms. The van der Waals surface area contributed by atoms with Crippen molar-refractivity contribution >= 4 is 11.5 Å². The third kappa shape index (κ3) is 1.36. The molecule has 0 amide bonds. The van der Waals surface area contributed by atoms with Crippen LogP contribution < -0.4 is 11.5 Å². The fraction of sp³-hybridized carbons (Fsp3) is 0. The Bertz CT molecular complexity index is 536. The van der Waals surface area contributed by atoms with E-state index in [4.69, 9.17) is 16.7 Å². The number of hydrogen-bond acceptors (Lipinski definition) is 5. The molecule has 2 aromatic heterocycles. The molecule has 5 N–H and O–H groups in total. The average molecular weight is 200 g/mol. The molecular formula is C9H8N6. The molecule has 6 heteroatoms. The van der Waals surface area contributed by atoms with Crippen LogP contribution in [0.25, 0.3) is 11.4 Å². The molecule has 15 heavy (non-hydrogen) atoms. The second kappa shape index (κ2) is 3.31. The van der Waals surface area contributed by atoms with Gasteiger partial charge in [-0.15, -0.1) is 0 Å². The van der Waals surface area contributed by atoms with Crippen LogP contribution in [0.15, 0.2) is 18.3 Å². The number of nitrogens with one attached hydrogen (secondary N) is 1. The van der Waals surface area contributed by atoms with E-state index in [1.54, 1.807) is 18.3 Å². The fourth-order valence-corrected chi connectivity index (χ4v) is 1.24. The summed E-state index contributed by atoms with van der Waals surface area (Å²) < 4.78 is 0. The molecule has 0 radical (unpaired) electrons. The molecule has 2 aromatic rings. The van der Waals surface area contributed by atoms with Gasteiger partial charge in [0.15, 0.2) is 5.82 Å². The van der Waals surface area contributed by atoms with Gasteiger partial charge in [0.1, 0.15) is 23.1 Å². The molecule has 6 nitrogen and oxygen atoms in total. The lowest BCUT2D eigenvalue weighted by atomic mass is 10.1. The van der Waals surface area contributed by atoms with Crippen LogP contribution in [0.1, 0.15) is 5.56 Å². The van der Waals surface area contributed by atoms with E-state index in [1.807, 2.05) is 6.07 Å². The number of aromatic nitrogens is 3. The van der Waals surface area contributed by atoms with E-state index in [2.05, 4.69) is 15.2 Å². The zero-order valence-electron chi connectivity index (χ0n) is 7.73. The van der Waals surface area contributed by atoms with Gasteiger partial charge in [0.05, 0.1) is 5.56 Å². The first-order valence-corrected chi connectivity index (χ1v) is 4.19. The minimum absolute atomic E-state index is 0.208. The number of pyridine rings is 1. The van der Waals surface area contributed by atoms with Crippen molar-refractivity contribution < 1.29 is 0 Å². The van der Waals surface area contributed by atoms with E-state index < -0.39 is 0 Å². The lowest BCUT2D eigenvalue weighted by Gasteiger charge is -2.00. The minimum Gasteiger partial charge on any atom is -0.394 e. The molecule has 2 heterocycles. The van der Waals surface area contributed by atoms with Crippen LogP contribution in [0.2, 0.25) is 0 Å². The standard InChI is InChI=1S/C9H8N6/c10-4-5-2-1-3-13-7(5)8-6(11)9(12)15-14-8/h1-3H,11H2,(H3,12,14,15). The molecule has 0 aromatic carbocycles. The van der Waals surface area contributed by atoms with Gasteiger partial charge in [-0.3, -0.25) is 10.1 Å². The number of rotatable bonds is 1. The van der Waals surface area contributed by atoms with Crippen molar-refractivity contribution in [1.29, 1.82) is 5.26 Å². The maximum Gasteiger partial charge on any atom is 0.169 e. The third-order valence-electron chi connectivity index (χ3n) is 2.00. The van der Waals surface area contributed by atoms with Crippen LogP contribution in [-0.2, 0) is 0 Å². The molecule has 0 aliphatic rings. The van der Waals surface area contributed by atoms with Crippen LogP contribution in [0.4, 0.5) is 11.5 Å². The quantitative estimate of drug-likeness (QED) is 0.619. The Labute approximate surface area is 85.5 Å². The lowest BCUT2D eigenvalue weighted by molar-refractivity contribution is 1.09. The topological polar surface area (TPSA) is 117 Å². The highest BCUT2D eigenvalue weighted by atomic mass is 15.2. The van der Waals surface area contributed by atoms with Gasteiger partial charge in [-0.2, -0.15) is 10.4 Å². The summed E-state index contributed by atoms with van der Waals surface area (Å²) in [5.74, 6) is 0.208. The third-order valence-corrected chi connectivity index (χ3v) is 2.00. The first kappa shape index (κ1) is 9.02. The summed E-state index contributed by atoms with van der Waals surface area (Å²) in [5, 5.41) is 15.3. The van der Waals surface area contributed by atoms with E-state index in [0.717, 1.165) is 0 Å². The SMILES string of the molecule is N#Cc1cccnc1-c1[nH]nc(N)c1N. The van der Waals surface area contributed by atoms with Gasteiger partial charge in [0.25, 0.3) is 0 Å². The minimum atomic E-state index is 0.208. The van der Waals surface area contributed by atoms with E-state index in [1.165, 1.54) is 0 Å². The normalized spacial score (nSPS) is 9.80. The number of H-pyrrole nitrogens is 1. The van der Waals surface area contributed by atoms with Gasteiger partial charge in [-0.25, -0.2) is 0 Å². The van der Waals surface area contributed by atoms with Crippen molar-refractivity contribution in [3.63, 3.8) is 0 Å². The Hall–Kier alpha value is -2.55. The smallest absolute Gasteiger partial charge is 0.169 e. The average Bonchev–Trinajstić information content (AvgIpc) is 2.60. The zero-order chi connectivity index (χ0) is 10.8. The van der Waals surface area contributed by atoms with Crippen molar-refractivity contribution in [2.45, 2.75) is 0 Å². The second-order valence-electron chi connectivity index (χ2n) is 2.91. The highest BCUT2D eigenvalue weighted by Crippen LogP contribution is 2.27. The summed E-state index contributed by atoms with van der Waals surface area (Å²) in [7, 11) is 0. The van der Waals surface area contributed by atoms with E-state index >= 15 is 0 Å². The first-order chi connectivity index (χ1) is 7.24. The molecule has 0 unspecified atom stereocenters. The number of anilines is 2. The van der Waals surface area contributed by atoms with E-state index in [-0.39, 0.29) is 5.82 Å². The molecule has 2 rings (SSSR count). The Morgan fingerprint density at radius 3 is 2.80 bits per heavy atom. The maximum atomic E-state index is 8.88. The predicted molar refractivity (Wildman–Crippen MR) is 55.4 cm³/mol. The van der Waals surface area contributed by atoms with Gasteiger partial charge >= 0.3 is 0 Å². The highest BCUT2D eigenvalue weighted by molar-refractivity contribution is 5.80. The van der Waals surface area contributed by atoms with Crippen LogP contribution >= 0.6 is 0 Å². The summed E-state index contributed by atoms with van der Waals surface area (Å²) in [6.07, 6.45) is 1.58.